The average Bonchev–Trinajstić information content (AvgIpc) is 2.82. The quantitative estimate of drug-likeness (QED) is 0.805. The van der Waals surface area contributed by atoms with Crippen LogP contribution in [0.5, 0.6) is 5.75 Å². The molecular formula is C13H21N3O2. The van der Waals surface area contributed by atoms with E-state index in [2.05, 4.69) is 10.4 Å². The van der Waals surface area contributed by atoms with Crippen LogP contribution in [0.1, 0.15) is 36.7 Å². The van der Waals surface area contributed by atoms with E-state index >= 15 is 0 Å². The Hall–Kier alpha value is -1.36. The van der Waals surface area contributed by atoms with Crippen LogP contribution >= 0.6 is 0 Å². The highest BCUT2D eigenvalue weighted by molar-refractivity contribution is 5.97. The monoisotopic (exact) mass is 251 g/mol. The van der Waals surface area contributed by atoms with Crippen LogP contribution in [0.2, 0.25) is 0 Å². The van der Waals surface area contributed by atoms with Crippen molar-refractivity contribution in [2.45, 2.75) is 32.7 Å². The lowest BCUT2D eigenvalue weighted by Crippen LogP contribution is -2.31. The summed E-state index contributed by atoms with van der Waals surface area (Å²) < 4.78 is 6.94. The van der Waals surface area contributed by atoms with E-state index in [1.54, 1.807) is 18.0 Å². The van der Waals surface area contributed by atoms with Crippen LogP contribution in [0.25, 0.3) is 0 Å². The van der Waals surface area contributed by atoms with Gasteiger partial charge in [-0.05, 0) is 38.8 Å². The minimum atomic E-state index is 0.139. The fourth-order valence-electron chi connectivity index (χ4n) is 2.50. The number of carbonyl (C=O) groups is 1. The van der Waals surface area contributed by atoms with Crippen molar-refractivity contribution in [1.29, 1.82) is 0 Å². The van der Waals surface area contributed by atoms with Crippen molar-refractivity contribution in [3.05, 3.63) is 11.9 Å². The SMILES string of the molecule is CCn1ncc(OC)c1C(=O)CC1CCCNC1. The molecule has 1 aromatic rings. The molecule has 5 heteroatoms. The zero-order valence-electron chi connectivity index (χ0n) is 11.1. The minimum Gasteiger partial charge on any atom is -0.493 e. The molecular weight excluding hydrogens is 230 g/mol. The number of carbonyl (C=O) groups excluding carboxylic acids is 1. The molecule has 1 fully saturated rings. The number of ketones is 1. The average molecular weight is 251 g/mol. The number of hydrogen-bond acceptors (Lipinski definition) is 4. The molecule has 0 aliphatic carbocycles. The number of methoxy groups -OCH3 is 1. The third-order valence-electron chi connectivity index (χ3n) is 3.46. The molecule has 1 aliphatic heterocycles. The normalized spacial score (nSPS) is 19.8. The summed E-state index contributed by atoms with van der Waals surface area (Å²) in [6.45, 7) is 4.67. The van der Waals surface area contributed by atoms with Crippen molar-refractivity contribution in [1.82, 2.24) is 15.1 Å². The zero-order chi connectivity index (χ0) is 13.0. The highest BCUT2D eigenvalue weighted by Crippen LogP contribution is 2.23. The first kappa shape index (κ1) is 13.1. The number of nitrogens with one attached hydrogen (secondary N) is 1. The second-order valence-electron chi connectivity index (χ2n) is 4.72. The van der Waals surface area contributed by atoms with E-state index in [9.17, 15) is 4.79 Å². The second-order valence-corrected chi connectivity index (χ2v) is 4.72. The van der Waals surface area contributed by atoms with Gasteiger partial charge in [0.1, 0.15) is 5.69 Å². The van der Waals surface area contributed by atoms with Crippen LogP contribution < -0.4 is 10.1 Å². The Bertz CT molecular complexity index is 387. The fourth-order valence-corrected chi connectivity index (χ4v) is 2.50. The molecule has 1 aromatic heterocycles. The van der Waals surface area contributed by atoms with Crippen molar-refractivity contribution in [2.24, 2.45) is 5.92 Å². The lowest BCUT2D eigenvalue weighted by Gasteiger charge is -2.22. The number of rotatable bonds is 5. The summed E-state index contributed by atoms with van der Waals surface area (Å²) in [5.41, 5.74) is 0.616. The van der Waals surface area contributed by atoms with Crippen molar-refractivity contribution < 1.29 is 9.53 Å². The summed E-state index contributed by atoms with van der Waals surface area (Å²) in [7, 11) is 1.58. The van der Waals surface area contributed by atoms with Crippen LogP contribution in [-0.4, -0.2) is 35.8 Å². The molecule has 0 spiro atoms. The van der Waals surface area contributed by atoms with Gasteiger partial charge in [-0.25, -0.2) is 0 Å². The van der Waals surface area contributed by atoms with Gasteiger partial charge in [-0.3, -0.25) is 9.48 Å². The van der Waals surface area contributed by atoms with E-state index in [0.29, 0.717) is 30.3 Å². The predicted molar refractivity (Wildman–Crippen MR) is 69.0 cm³/mol. The Balaban J connectivity index is 2.09. The van der Waals surface area contributed by atoms with Crippen molar-refractivity contribution in [2.75, 3.05) is 20.2 Å². The second kappa shape index (κ2) is 6.00. The van der Waals surface area contributed by atoms with E-state index in [4.69, 9.17) is 4.74 Å². The van der Waals surface area contributed by atoms with Gasteiger partial charge in [0.25, 0.3) is 0 Å². The minimum absolute atomic E-state index is 0.139. The Morgan fingerprint density at radius 3 is 3.11 bits per heavy atom. The molecule has 1 saturated heterocycles. The lowest BCUT2D eigenvalue weighted by atomic mass is 9.93. The van der Waals surface area contributed by atoms with E-state index in [1.807, 2.05) is 6.92 Å². The van der Waals surface area contributed by atoms with Crippen molar-refractivity contribution in [3.63, 3.8) is 0 Å². The van der Waals surface area contributed by atoms with Gasteiger partial charge in [-0.15, -0.1) is 0 Å². The molecule has 2 heterocycles. The van der Waals surface area contributed by atoms with E-state index in [0.717, 1.165) is 25.9 Å². The lowest BCUT2D eigenvalue weighted by molar-refractivity contribution is 0.0940. The topological polar surface area (TPSA) is 56.2 Å². The first-order valence-corrected chi connectivity index (χ1v) is 6.60. The van der Waals surface area contributed by atoms with Crippen molar-refractivity contribution in [3.8, 4) is 5.75 Å². The van der Waals surface area contributed by atoms with Gasteiger partial charge in [0.2, 0.25) is 0 Å². The maximum atomic E-state index is 12.4. The molecule has 2 rings (SSSR count). The number of ether oxygens (including phenoxy) is 1. The number of nitrogens with zero attached hydrogens (tertiary/aromatic N) is 2. The maximum Gasteiger partial charge on any atom is 0.184 e. The molecule has 0 amide bonds. The summed E-state index contributed by atoms with van der Waals surface area (Å²) in [5, 5.41) is 7.51. The molecule has 0 bridgehead atoms. The largest absolute Gasteiger partial charge is 0.493 e. The van der Waals surface area contributed by atoms with Crippen molar-refractivity contribution >= 4 is 5.78 Å². The van der Waals surface area contributed by atoms with E-state index in [1.165, 1.54) is 0 Å². The number of aryl methyl sites for hydroxylation is 1. The summed E-state index contributed by atoms with van der Waals surface area (Å²) in [6.07, 6.45) is 4.48. The highest BCUT2D eigenvalue weighted by Gasteiger charge is 2.23. The summed E-state index contributed by atoms with van der Waals surface area (Å²) in [5.74, 6) is 1.17. The number of piperidine rings is 1. The molecule has 0 radical (unpaired) electrons. The number of Topliss-reactive ketones (excluding diaryl/α,β-unsaturated/α-hetero) is 1. The molecule has 100 valence electrons. The molecule has 0 saturated carbocycles. The summed E-state index contributed by atoms with van der Waals surface area (Å²) >= 11 is 0. The Morgan fingerprint density at radius 1 is 1.67 bits per heavy atom. The van der Waals surface area contributed by atoms with Gasteiger partial charge >= 0.3 is 0 Å². The van der Waals surface area contributed by atoms with Crippen LogP contribution in [0, 0.1) is 5.92 Å². The smallest absolute Gasteiger partial charge is 0.184 e. The number of aromatic nitrogens is 2. The Morgan fingerprint density at radius 2 is 2.50 bits per heavy atom. The van der Waals surface area contributed by atoms with E-state index < -0.39 is 0 Å². The van der Waals surface area contributed by atoms with Gasteiger partial charge in [0.05, 0.1) is 13.3 Å². The Kier molecular flexibility index (Phi) is 4.36. The molecule has 1 N–H and O–H groups in total. The van der Waals surface area contributed by atoms with Crippen LogP contribution in [0.4, 0.5) is 0 Å². The maximum absolute atomic E-state index is 12.4. The molecule has 0 aromatic carbocycles. The van der Waals surface area contributed by atoms with E-state index in [-0.39, 0.29) is 5.78 Å². The van der Waals surface area contributed by atoms with Gasteiger partial charge in [0, 0.05) is 13.0 Å². The van der Waals surface area contributed by atoms with Crippen LogP contribution in [0.3, 0.4) is 0 Å². The summed E-state index contributed by atoms with van der Waals surface area (Å²) in [4.78, 5) is 12.4. The molecule has 1 aliphatic rings. The third-order valence-corrected chi connectivity index (χ3v) is 3.46. The fraction of sp³-hybridized carbons (Fsp3) is 0.692. The number of hydrogen-bond donors (Lipinski definition) is 1. The summed E-state index contributed by atoms with van der Waals surface area (Å²) in [6, 6.07) is 0. The zero-order valence-corrected chi connectivity index (χ0v) is 11.1. The first-order valence-electron chi connectivity index (χ1n) is 6.60. The predicted octanol–water partition coefficient (Wildman–Crippen LogP) is 1.48. The molecule has 18 heavy (non-hydrogen) atoms. The van der Waals surface area contributed by atoms with Gasteiger partial charge in [0.15, 0.2) is 11.5 Å². The van der Waals surface area contributed by atoms with Crippen LogP contribution in [-0.2, 0) is 6.54 Å². The first-order chi connectivity index (χ1) is 8.76. The standard InChI is InChI=1S/C13H21N3O2/c1-3-16-13(12(18-2)9-15-16)11(17)7-10-5-4-6-14-8-10/h9-10,14H,3-8H2,1-2H3. The van der Waals surface area contributed by atoms with Gasteiger partial charge in [-0.1, -0.05) is 0 Å². The highest BCUT2D eigenvalue weighted by atomic mass is 16.5. The molecule has 1 atom stereocenters. The van der Waals surface area contributed by atoms with Gasteiger partial charge in [-0.2, -0.15) is 5.10 Å². The Labute approximate surface area is 108 Å². The van der Waals surface area contributed by atoms with Crippen LogP contribution in [0.15, 0.2) is 6.20 Å². The third kappa shape index (κ3) is 2.72. The molecule has 1 unspecified atom stereocenters. The van der Waals surface area contributed by atoms with Gasteiger partial charge < -0.3 is 10.1 Å². The molecule has 5 nitrogen and oxygen atoms in total.